The normalized spacial score (nSPS) is 9.39. The van der Waals surface area contributed by atoms with Gasteiger partial charge in [-0.1, -0.05) is 5.11 Å². The van der Waals surface area contributed by atoms with Gasteiger partial charge in [0, 0.05) is 35.7 Å². The lowest BCUT2D eigenvalue weighted by atomic mass is 10.1. The van der Waals surface area contributed by atoms with Crippen LogP contribution in [-0.2, 0) is 0 Å². The Morgan fingerprint density at radius 1 is 1.61 bits per heavy atom. The highest BCUT2D eigenvalue weighted by Crippen LogP contribution is 2.16. The van der Waals surface area contributed by atoms with Crippen molar-refractivity contribution in [3.63, 3.8) is 0 Å². The molecule has 0 aliphatic heterocycles. The Hall–Kier alpha value is -2.60. The minimum absolute atomic E-state index is 0.0573. The standard InChI is InChI=1S/C10H11N5O3/c1-7-6-8(15(17)18)2-3-9(7)10(16)12-4-5-13-14-11/h2-3,6H,4-5H2,1H3,(H,12,16). The summed E-state index contributed by atoms with van der Waals surface area (Å²) in [5.41, 5.74) is 8.88. The summed E-state index contributed by atoms with van der Waals surface area (Å²) in [5.74, 6) is -0.351. The molecule has 0 radical (unpaired) electrons. The van der Waals surface area contributed by atoms with Crippen LogP contribution in [0.15, 0.2) is 23.3 Å². The highest BCUT2D eigenvalue weighted by atomic mass is 16.6. The van der Waals surface area contributed by atoms with E-state index in [1.807, 2.05) is 0 Å². The van der Waals surface area contributed by atoms with Gasteiger partial charge in [0.15, 0.2) is 0 Å². The molecule has 0 fully saturated rings. The number of nitrogens with zero attached hydrogens (tertiary/aromatic N) is 4. The number of non-ortho nitro benzene ring substituents is 1. The van der Waals surface area contributed by atoms with Gasteiger partial charge < -0.3 is 5.32 Å². The lowest BCUT2D eigenvalue weighted by Crippen LogP contribution is -2.26. The van der Waals surface area contributed by atoms with Gasteiger partial charge in [-0.3, -0.25) is 14.9 Å². The zero-order valence-electron chi connectivity index (χ0n) is 9.66. The summed E-state index contributed by atoms with van der Waals surface area (Å²) in [6.07, 6.45) is 0. The Bertz CT molecular complexity index is 522. The minimum Gasteiger partial charge on any atom is -0.352 e. The molecule has 1 amide bonds. The molecule has 0 saturated carbocycles. The number of carbonyl (C=O) groups excluding carboxylic acids is 1. The molecule has 1 N–H and O–H groups in total. The van der Waals surface area contributed by atoms with Crippen LogP contribution in [-0.4, -0.2) is 23.9 Å². The smallest absolute Gasteiger partial charge is 0.269 e. The zero-order valence-corrected chi connectivity index (χ0v) is 9.66. The number of amides is 1. The van der Waals surface area contributed by atoms with Crippen LogP contribution in [0.5, 0.6) is 0 Å². The predicted octanol–water partition coefficient (Wildman–Crippen LogP) is 1.94. The van der Waals surface area contributed by atoms with Crippen molar-refractivity contribution >= 4 is 11.6 Å². The fourth-order valence-corrected chi connectivity index (χ4v) is 1.38. The predicted molar refractivity (Wildman–Crippen MR) is 64.2 cm³/mol. The molecule has 1 aromatic rings. The second-order valence-corrected chi connectivity index (χ2v) is 3.47. The van der Waals surface area contributed by atoms with E-state index in [1.165, 1.54) is 18.2 Å². The number of hydrogen-bond acceptors (Lipinski definition) is 4. The maximum absolute atomic E-state index is 11.7. The number of rotatable bonds is 5. The van der Waals surface area contributed by atoms with E-state index in [0.717, 1.165) is 0 Å². The molecule has 0 unspecified atom stereocenters. The highest BCUT2D eigenvalue weighted by molar-refractivity contribution is 5.95. The van der Waals surface area contributed by atoms with E-state index in [0.29, 0.717) is 11.1 Å². The molecule has 8 nitrogen and oxygen atoms in total. The molecule has 0 bridgehead atoms. The van der Waals surface area contributed by atoms with E-state index in [9.17, 15) is 14.9 Å². The third kappa shape index (κ3) is 3.46. The molecular formula is C10H11N5O3. The van der Waals surface area contributed by atoms with Gasteiger partial charge in [0.25, 0.3) is 11.6 Å². The first-order valence-corrected chi connectivity index (χ1v) is 5.10. The zero-order chi connectivity index (χ0) is 13.5. The summed E-state index contributed by atoms with van der Waals surface area (Å²) >= 11 is 0. The molecular weight excluding hydrogens is 238 g/mol. The van der Waals surface area contributed by atoms with Crippen molar-refractivity contribution in [2.45, 2.75) is 6.92 Å². The Kier molecular flexibility index (Phi) is 4.65. The summed E-state index contributed by atoms with van der Waals surface area (Å²) < 4.78 is 0. The number of hydrogen-bond donors (Lipinski definition) is 1. The Morgan fingerprint density at radius 3 is 2.89 bits per heavy atom. The largest absolute Gasteiger partial charge is 0.352 e. The SMILES string of the molecule is Cc1cc([N+](=O)[O-])ccc1C(=O)NCCN=[N+]=[N-]. The van der Waals surface area contributed by atoms with Gasteiger partial charge in [0.05, 0.1) is 4.92 Å². The van der Waals surface area contributed by atoms with Gasteiger partial charge in [-0.15, -0.1) is 0 Å². The number of carbonyl (C=O) groups is 1. The minimum atomic E-state index is -0.518. The van der Waals surface area contributed by atoms with E-state index >= 15 is 0 Å². The van der Waals surface area contributed by atoms with Crippen molar-refractivity contribution in [1.29, 1.82) is 0 Å². The van der Waals surface area contributed by atoms with Gasteiger partial charge in [0.1, 0.15) is 0 Å². The lowest BCUT2D eigenvalue weighted by Gasteiger charge is -2.06. The Balaban J connectivity index is 2.74. The number of nitro groups is 1. The van der Waals surface area contributed by atoms with Crippen molar-refractivity contribution in [1.82, 2.24) is 5.32 Å². The molecule has 0 aromatic heterocycles. The third-order valence-electron chi connectivity index (χ3n) is 2.23. The number of azide groups is 1. The van der Waals surface area contributed by atoms with Crippen LogP contribution in [0, 0.1) is 17.0 Å². The van der Waals surface area contributed by atoms with Crippen LogP contribution in [0.1, 0.15) is 15.9 Å². The van der Waals surface area contributed by atoms with E-state index in [1.54, 1.807) is 6.92 Å². The van der Waals surface area contributed by atoms with E-state index in [-0.39, 0.29) is 24.7 Å². The van der Waals surface area contributed by atoms with Crippen LogP contribution in [0.25, 0.3) is 10.4 Å². The maximum Gasteiger partial charge on any atom is 0.269 e. The Morgan fingerprint density at radius 2 is 2.33 bits per heavy atom. The van der Waals surface area contributed by atoms with Crippen LogP contribution in [0.2, 0.25) is 0 Å². The molecule has 1 aromatic carbocycles. The van der Waals surface area contributed by atoms with Crippen LogP contribution >= 0.6 is 0 Å². The summed E-state index contributed by atoms with van der Waals surface area (Å²) in [7, 11) is 0. The molecule has 8 heteroatoms. The molecule has 0 saturated heterocycles. The first-order chi connectivity index (χ1) is 8.56. The maximum atomic E-state index is 11.7. The molecule has 18 heavy (non-hydrogen) atoms. The average Bonchev–Trinajstić information content (AvgIpc) is 2.34. The summed E-state index contributed by atoms with van der Waals surface area (Å²) in [5, 5.41) is 16.4. The molecule has 0 spiro atoms. The van der Waals surface area contributed by atoms with E-state index in [2.05, 4.69) is 15.3 Å². The number of benzene rings is 1. The quantitative estimate of drug-likeness (QED) is 0.214. The molecule has 0 atom stereocenters. The third-order valence-corrected chi connectivity index (χ3v) is 2.23. The monoisotopic (exact) mass is 249 g/mol. The fraction of sp³-hybridized carbons (Fsp3) is 0.300. The molecule has 0 heterocycles. The van der Waals surface area contributed by atoms with E-state index < -0.39 is 4.92 Å². The number of aryl methyl sites for hydroxylation is 1. The molecule has 0 aliphatic rings. The second-order valence-electron chi connectivity index (χ2n) is 3.47. The van der Waals surface area contributed by atoms with E-state index in [4.69, 9.17) is 5.53 Å². The van der Waals surface area contributed by atoms with Gasteiger partial charge in [-0.05, 0) is 24.1 Å². The van der Waals surface area contributed by atoms with Crippen molar-refractivity contribution in [3.05, 3.63) is 49.9 Å². The van der Waals surface area contributed by atoms with Crippen molar-refractivity contribution in [2.75, 3.05) is 13.1 Å². The molecule has 0 aliphatic carbocycles. The second kappa shape index (κ2) is 6.21. The van der Waals surface area contributed by atoms with Crippen molar-refractivity contribution in [2.24, 2.45) is 5.11 Å². The summed E-state index contributed by atoms with van der Waals surface area (Å²) in [4.78, 5) is 24.3. The lowest BCUT2D eigenvalue weighted by molar-refractivity contribution is -0.384. The van der Waals surface area contributed by atoms with Gasteiger partial charge in [0.2, 0.25) is 0 Å². The number of nitro benzene ring substituents is 1. The number of nitrogens with one attached hydrogen (secondary N) is 1. The van der Waals surface area contributed by atoms with Crippen molar-refractivity contribution < 1.29 is 9.72 Å². The Labute approximate surface area is 102 Å². The fourth-order valence-electron chi connectivity index (χ4n) is 1.38. The van der Waals surface area contributed by atoms with Gasteiger partial charge in [-0.2, -0.15) is 0 Å². The molecule has 94 valence electrons. The molecule has 1 rings (SSSR count). The van der Waals surface area contributed by atoms with Gasteiger partial charge >= 0.3 is 0 Å². The van der Waals surface area contributed by atoms with Gasteiger partial charge in [-0.25, -0.2) is 0 Å². The summed E-state index contributed by atoms with van der Waals surface area (Å²) in [6, 6.07) is 4.01. The topological polar surface area (TPSA) is 121 Å². The highest BCUT2D eigenvalue weighted by Gasteiger charge is 2.12. The average molecular weight is 249 g/mol. The van der Waals surface area contributed by atoms with Crippen LogP contribution < -0.4 is 5.32 Å². The van der Waals surface area contributed by atoms with Crippen LogP contribution in [0.4, 0.5) is 5.69 Å². The first kappa shape index (κ1) is 13.5. The van der Waals surface area contributed by atoms with Crippen LogP contribution in [0.3, 0.4) is 0 Å². The summed E-state index contributed by atoms with van der Waals surface area (Å²) in [6.45, 7) is 2.00. The van der Waals surface area contributed by atoms with Crippen molar-refractivity contribution in [3.8, 4) is 0 Å². The first-order valence-electron chi connectivity index (χ1n) is 5.10.